The van der Waals surface area contributed by atoms with E-state index in [9.17, 15) is 5.11 Å². The van der Waals surface area contributed by atoms with E-state index in [0.717, 1.165) is 21.2 Å². The van der Waals surface area contributed by atoms with E-state index in [2.05, 4.69) is 36.7 Å². The summed E-state index contributed by atoms with van der Waals surface area (Å²) in [5, 5.41) is 10.0. The van der Waals surface area contributed by atoms with Gasteiger partial charge in [0.2, 0.25) is 0 Å². The summed E-state index contributed by atoms with van der Waals surface area (Å²) >= 11 is 3.51. The van der Waals surface area contributed by atoms with Gasteiger partial charge in [-0.05, 0) is 36.5 Å². The number of aromatic hydroxyl groups is 1. The van der Waals surface area contributed by atoms with Gasteiger partial charge in [-0.2, -0.15) is 0 Å². The SMILES string of the molecule is Cc1cc(Br)c(C)c(C(C)(C)C)c1O. The Morgan fingerprint density at radius 2 is 1.71 bits per heavy atom. The summed E-state index contributed by atoms with van der Waals surface area (Å²) < 4.78 is 1.07. The fourth-order valence-electron chi connectivity index (χ4n) is 1.78. The van der Waals surface area contributed by atoms with Gasteiger partial charge in [-0.3, -0.25) is 0 Å². The van der Waals surface area contributed by atoms with Crippen molar-refractivity contribution in [2.45, 2.75) is 40.0 Å². The van der Waals surface area contributed by atoms with Crippen molar-refractivity contribution in [2.24, 2.45) is 0 Å². The lowest BCUT2D eigenvalue weighted by Crippen LogP contribution is -2.14. The van der Waals surface area contributed by atoms with Crippen molar-refractivity contribution in [1.29, 1.82) is 0 Å². The van der Waals surface area contributed by atoms with Gasteiger partial charge < -0.3 is 5.11 Å². The molecule has 1 nitrogen and oxygen atoms in total. The highest BCUT2D eigenvalue weighted by Gasteiger charge is 2.23. The third-order valence-electron chi connectivity index (χ3n) is 2.44. The number of phenols is 1. The molecule has 0 aliphatic rings. The number of hydrogen-bond acceptors (Lipinski definition) is 1. The number of hydrogen-bond donors (Lipinski definition) is 1. The number of rotatable bonds is 0. The predicted molar refractivity (Wildman–Crippen MR) is 64.0 cm³/mol. The van der Waals surface area contributed by atoms with Crippen LogP contribution in [0.1, 0.15) is 37.5 Å². The van der Waals surface area contributed by atoms with Crippen molar-refractivity contribution in [3.8, 4) is 5.75 Å². The monoisotopic (exact) mass is 256 g/mol. The molecule has 0 aliphatic heterocycles. The minimum atomic E-state index is -0.0251. The van der Waals surface area contributed by atoms with Gasteiger partial charge in [0.05, 0.1) is 0 Å². The topological polar surface area (TPSA) is 20.2 Å². The van der Waals surface area contributed by atoms with Crippen LogP contribution in [-0.2, 0) is 5.41 Å². The molecule has 0 saturated carbocycles. The van der Waals surface area contributed by atoms with Crippen LogP contribution in [0, 0.1) is 13.8 Å². The molecule has 0 aromatic heterocycles. The van der Waals surface area contributed by atoms with Crippen LogP contribution >= 0.6 is 15.9 Å². The predicted octanol–water partition coefficient (Wildman–Crippen LogP) is 4.07. The molecule has 0 fully saturated rings. The number of halogens is 1. The minimum absolute atomic E-state index is 0.0251. The van der Waals surface area contributed by atoms with E-state index >= 15 is 0 Å². The molecule has 0 aliphatic carbocycles. The highest BCUT2D eigenvalue weighted by molar-refractivity contribution is 9.10. The summed E-state index contributed by atoms with van der Waals surface area (Å²) in [6.07, 6.45) is 0. The van der Waals surface area contributed by atoms with Gasteiger partial charge in [0.1, 0.15) is 5.75 Å². The van der Waals surface area contributed by atoms with E-state index in [1.54, 1.807) is 0 Å². The molecule has 1 aromatic rings. The largest absolute Gasteiger partial charge is 0.507 e. The first-order valence-corrected chi connectivity index (χ1v) is 5.53. The van der Waals surface area contributed by atoms with Crippen molar-refractivity contribution >= 4 is 15.9 Å². The standard InChI is InChI=1S/C12H17BrO/c1-7-6-9(13)8(2)10(11(7)14)12(3,4)5/h6,14H,1-5H3. The van der Waals surface area contributed by atoms with Crippen molar-refractivity contribution in [1.82, 2.24) is 0 Å². The van der Waals surface area contributed by atoms with E-state index < -0.39 is 0 Å². The molecule has 0 radical (unpaired) electrons. The van der Waals surface area contributed by atoms with Crippen LogP contribution in [0.3, 0.4) is 0 Å². The molecule has 0 unspecified atom stereocenters. The maximum atomic E-state index is 10.0. The first-order valence-electron chi connectivity index (χ1n) is 4.74. The first kappa shape index (κ1) is 11.6. The number of benzene rings is 1. The van der Waals surface area contributed by atoms with Gasteiger partial charge in [-0.1, -0.05) is 36.7 Å². The Hall–Kier alpha value is -0.500. The lowest BCUT2D eigenvalue weighted by Gasteiger charge is -2.24. The van der Waals surface area contributed by atoms with Crippen molar-refractivity contribution in [3.05, 3.63) is 27.2 Å². The molecule has 1 rings (SSSR count). The molecule has 0 atom stereocenters. The van der Waals surface area contributed by atoms with E-state index in [0.29, 0.717) is 5.75 Å². The van der Waals surface area contributed by atoms with E-state index in [1.165, 1.54) is 0 Å². The molecule has 78 valence electrons. The van der Waals surface area contributed by atoms with Gasteiger partial charge in [0, 0.05) is 10.0 Å². The number of aryl methyl sites for hydroxylation is 1. The Morgan fingerprint density at radius 1 is 1.21 bits per heavy atom. The van der Waals surface area contributed by atoms with Gasteiger partial charge in [-0.25, -0.2) is 0 Å². The highest BCUT2D eigenvalue weighted by Crippen LogP contribution is 2.38. The third-order valence-corrected chi connectivity index (χ3v) is 3.26. The Kier molecular flexibility index (Phi) is 2.96. The summed E-state index contributed by atoms with van der Waals surface area (Å²) in [6, 6.07) is 1.96. The number of phenolic OH excluding ortho intramolecular Hbond substituents is 1. The van der Waals surface area contributed by atoms with Crippen LogP contribution in [0.5, 0.6) is 5.75 Å². The summed E-state index contributed by atoms with van der Waals surface area (Å²) in [4.78, 5) is 0. The molecule has 0 bridgehead atoms. The van der Waals surface area contributed by atoms with Crippen molar-refractivity contribution in [3.63, 3.8) is 0 Å². The Labute approximate surface area is 94.3 Å². The molecule has 14 heavy (non-hydrogen) atoms. The highest BCUT2D eigenvalue weighted by atomic mass is 79.9. The molecule has 2 heteroatoms. The molecule has 1 N–H and O–H groups in total. The van der Waals surface area contributed by atoms with E-state index in [1.807, 2.05) is 19.9 Å². The quantitative estimate of drug-likeness (QED) is 0.742. The smallest absolute Gasteiger partial charge is 0.122 e. The molecular formula is C12H17BrO. The summed E-state index contributed by atoms with van der Waals surface area (Å²) in [6.45, 7) is 10.3. The average Bonchev–Trinajstić information content (AvgIpc) is 1.98. The Morgan fingerprint density at radius 3 is 2.14 bits per heavy atom. The van der Waals surface area contributed by atoms with E-state index in [-0.39, 0.29) is 5.41 Å². The second kappa shape index (κ2) is 3.58. The lowest BCUT2D eigenvalue weighted by molar-refractivity contribution is 0.441. The minimum Gasteiger partial charge on any atom is -0.507 e. The lowest BCUT2D eigenvalue weighted by atomic mass is 9.82. The summed E-state index contributed by atoms with van der Waals surface area (Å²) in [5.74, 6) is 0.429. The summed E-state index contributed by atoms with van der Waals surface area (Å²) in [7, 11) is 0. The fraction of sp³-hybridized carbons (Fsp3) is 0.500. The van der Waals surface area contributed by atoms with E-state index in [4.69, 9.17) is 0 Å². The van der Waals surface area contributed by atoms with Gasteiger partial charge in [0.15, 0.2) is 0 Å². The van der Waals surface area contributed by atoms with Gasteiger partial charge in [-0.15, -0.1) is 0 Å². The van der Waals surface area contributed by atoms with Crippen LogP contribution < -0.4 is 0 Å². The molecule has 0 amide bonds. The van der Waals surface area contributed by atoms with Crippen LogP contribution in [0.15, 0.2) is 10.5 Å². The normalized spacial score (nSPS) is 11.9. The van der Waals surface area contributed by atoms with Crippen LogP contribution in [0.25, 0.3) is 0 Å². The zero-order valence-corrected chi connectivity index (χ0v) is 11.0. The fourth-order valence-corrected chi connectivity index (χ4v) is 2.32. The van der Waals surface area contributed by atoms with Crippen LogP contribution in [0.2, 0.25) is 0 Å². The van der Waals surface area contributed by atoms with Gasteiger partial charge >= 0.3 is 0 Å². The average molecular weight is 257 g/mol. The molecule has 1 aromatic carbocycles. The third kappa shape index (κ3) is 1.95. The molecular weight excluding hydrogens is 240 g/mol. The van der Waals surface area contributed by atoms with Crippen molar-refractivity contribution in [2.75, 3.05) is 0 Å². The maximum absolute atomic E-state index is 10.0. The second-order valence-corrected chi connectivity index (χ2v) is 5.63. The molecule has 0 heterocycles. The molecule has 0 spiro atoms. The molecule has 0 saturated heterocycles. The Bertz CT molecular complexity index is 335. The van der Waals surface area contributed by atoms with Crippen LogP contribution in [0.4, 0.5) is 0 Å². The Balaban J connectivity index is 3.56. The zero-order valence-electron chi connectivity index (χ0n) is 9.40. The second-order valence-electron chi connectivity index (χ2n) is 4.77. The van der Waals surface area contributed by atoms with Crippen molar-refractivity contribution < 1.29 is 5.11 Å². The summed E-state index contributed by atoms with van der Waals surface area (Å²) in [5.41, 5.74) is 3.06. The first-order chi connectivity index (χ1) is 6.25. The zero-order chi connectivity index (χ0) is 11.1. The van der Waals surface area contributed by atoms with Gasteiger partial charge in [0.25, 0.3) is 0 Å². The van der Waals surface area contributed by atoms with Crippen LogP contribution in [-0.4, -0.2) is 5.11 Å². The maximum Gasteiger partial charge on any atom is 0.122 e.